The number of halogens is 3. The number of ether oxygens (including phenoxy) is 4. The second kappa shape index (κ2) is 11.5. The number of hydrogen-bond donors (Lipinski definition) is 3. The molecule has 0 bridgehead atoms. The van der Waals surface area contributed by atoms with Gasteiger partial charge in [0.25, 0.3) is 5.92 Å². The summed E-state index contributed by atoms with van der Waals surface area (Å²) in [6.07, 6.45) is -8.55. The van der Waals surface area contributed by atoms with Crippen LogP contribution in [0.2, 0.25) is 5.02 Å². The molecule has 0 amide bonds. The molecule has 1 saturated heterocycles. The van der Waals surface area contributed by atoms with Crippen molar-refractivity contribution >= 4 is 17.8 Å². The van der Waals surface area contributed by atoms with E-state index in [2.05, 4.69) is 4.74 Å². The first-order valence-electron chi connectivity index (χ1n) is 11.0. The van der Waals surface area contributed by atoms with Gasteiger partial charge >= 0.3 is 6.16 Å². The molecule has 3 N–H and O–H groups in total. The molecule has 0 radical (unpaired) electrons. The number of carbonyl (C=O) groups excluding carboxylic acids is 1. The lowest BCUT2D eigenvalue weighted by atomic mass is 9.89. The highest BCUT2D eigenvalue weighted by molar-refractivity contribution is 6.31. The van der Waals surface area contributed by atoms with Crippen LogP contribution in [0.25, 0.3) is 0 Å². The Kier molecular flexibility index (Phi) is 8.89. The molecule has 0 spiro atoms. The maximum atomic E-state index is 15.4. The summed E-state index contributed by atoms with van der Waals surface area (Å²) in [5, 5.41) is 30.8. The molecule has 0 unspecified atom stereocenters. The summed E-state index contributed by atoms with van der Waals surface area (Å²) in [4.78, 5) is 11.5. The van der Waals surface area contributed by atoms with E-state index in [1.807, 2.05) is 0 Å². The van der Waals surface area contributed by atoms with E-state index in [1.165, 1.54) is 36.4 Å². The summed E-state index contributed by atoms with van der Waals surface area (Å²) in [6.45, 7) is 3.30. The fourth-order valence-corrected chi connectivity index (χ4v) is 3.95. The Hall–Kier alpha value is -2.50. The molecule has 5 atom stereocenters. The minimum atomic E-state index is -3.51. The van der Waals surface area contributed by atoms with Gasteiger partial charge in [0.15, 0.2) is 0 Å². The van der Waals surface area contributed by atoms with Crippen molar-refractivity contribution in [3.8, 4) is 5.75 Å². The van der Waals surface area contributed by atoms with Gasteiger partial charge in [0.1, 0.15) is 42.9 Å². The third-order valence-electron chi connectivity index (χ3n) is 5.53. The quantitative estimate of drug-likeness (QED) is 0.456. The van der Waals surface area contributed by atoms with Crippen LogP contribution in [0.3, 0.4) is 0 Å². The standard InChI is InChI=1S/C24H27ClF2O8/c1-3-32-15-8-6-14(7-9-15)24(26,27)16-11-13(5-10-17(16)25)22-21(30)20(29)19(28)18(35-22)12-34-23(31)33-4-2/h5-11,18-22,28-30H,3-4,12H2,1-2H3/t18-,19-,20+,21-,22+/m1/s1. The fraction of sp³-hybridized carbons (Fsp3) is 0.458. The van der Waals surface area contributed by atoms with E-state index in [0.29, 0.717) is 12.4 Å². The Labute approximate surface area is 205 Å². The second-order valence-corrected chi connectivity index (χ2v) is 8.24. The van der Waals surface area contributed by atoms with E-state index in [9.17, 15) is 20.1 Å². The van der Waals surface area contributed by atoms with Gasteiger partial charge in [0, 0.05) is 11.1 Å². The number of carbonyl (C=O) groups is 1. The Morgan fingerprint density at radius 1 is 1.00 bits per heavy atom. The summed E-state index contributed by atoms with van der Waals surface area (Å²) in [6, 6.07) is 8.95. The van der Waals surface area contributed by atoms with Crippen LogP contribution in [-0.4, -0.2) is 65.7 Å². The zero-order valence-electron chi connectivity index (χ0n) is 19.1. The molecule has 3 rings (SSSR count). The van der Waals surface area contributed by atoms with Crippen molar-refractivity contribution in [3.05, 3.63) is 64.2 Å². The molecule has 0 saturated carbocycles. The molecule has 2 aromatic rings. The Morgan fingerprint density at radius 3 is 2.31 bits per heavy atom. The van der Waals surface area contributed by atoms with Crippen molar-refractivity contribution in [3.63, 3.8) is 0 Å². The molecule has 0 aliphatic carbocycles. The van der Waals surface area contributed by atoms with Crippen LogP contribution < -0.4 is 4.74 Å². The summed E-state index contributed by atoms with van der Waals surface area (Å²) in [7, 11) is 0. The predicted octanol–water partition coefficient (Wildman–Crippen LogP) is 3.57. The lowest BCUT2D eigenvalue weighted by Gasteiger charge is -2.40. The fourth-order valence-electron chi connectivity index (χ4n) is 3.72. The van der Waals surface area contributed by atoms with Gasteiger partial charge in [-0.15, -0.1) is 0 Å². The number of rotatable bonds is 8. The molecular weight excluding hydrogens is 490 g/mol. The van der Waals surface area contributed by atoms with E-state index < -0.39 is 54.8 Å². The first kappa shape index (κ1) is 27.1. The number of alkyl halides is 2. The van der Waals surface area contributed by atoms with Gasteiger partial charge in [-0.1, -0.05) is 17.7 Å². The Morgan fingerprint density at radius 2 is 1.69 bits per heavy atom. The molecule has 1 aliphatic rings. The van der Waals surface area contributed by atoms with Gasteiger partial charge in [-0.2, -0.15) is 8.78 Å². The number of benzene rings is 2. The van der Waals surface area contributed by atoms with Crippen molar-refractivity contribution in [1.82, 2.24) is 0 Å². The van der Waals surface area contributed by atoms with E-state index in [-0.39, 0.29) is 22.8 Å². The Balaban J connectivity index is 1.88. The molecule has 1 aliphatic heterocycles. The average molecular weight is 517 g/mol. The van der Waals surface area contributed by atoms with E-state index in [4.69, 9.17) is 25.8 Å². The first-order chi connectivity index (χ1) is 16.6. The van der Waals surface area contributed by atoms with Crippen LogP contribution in [-0.2, 0) is 20.1 Å². The van der Waals surface area contributed by atoms with E-state index >= 15 is 8.78 Å². The number of hydrogen-bond acceptors (Lipinski definition) is 8. The molecule has 11 heteroatoms. The van der Waals surface area contributed by atoms with Crippen molar-refractivity contribution in [2.45, 2.75) is 50.3 Å². The second-order valence-electron chi connectivity index (χ2n) is 7.83. The molecule has 0 aromatic heterocycles. The third-order valence-corrected chi connectivity index (χ3v) is 5.85. The number of aliphatic hydroxyl groups excluding tert-OH is 3. The smallest absolute Gasteiger partial charge is 0.494 e. The largest absolute Gasteiger partial charge is 0.508 e. The highest BCUT2D eigenvalue weighted by atomic mass is 35.5. The van der Waals surface area contributed by atoms with Crippen LogP contribution in [0.5, 0.6) is 5.75 Å². The monoisotopic (exact) mass is 516 g/mol. The topological polar surface area (TPSA) is 115 Å². The minimum Gasteiger partial charge on any atom is -0.494 e. The molecule has 2 aromatic carbocycles. The van der Waals surface area contributed by atoms with Crippen molar-refractivity contribution in [2.24, 2.45) is 0 Å². The van der Waals surface area contributed by atoms with Crippen molar-refractivity contribution < 1.29 is 47.8 Å². The lowest BCUT2D eigenvalue weighted by molar-refractivity contribution is -0.232. The maximum Gasteiger partial charge on any atom is 0.508 e. The highest BCUT2D eigenvalue weighted by Crippen LogP contribution is 2.42. The minimum absolute atomic E-state index is 0.0625. The normalized spacial score (nSPS) is 24.6. The zero-order valence-corrected chi connectivity index (χ0v) is 19.8. The lowest BCUT2D eigenvalue weighted by Crippen LogP contribution is -2.55. The first-order valence-corrected chi connectivity index (χ1v) is 11.4. The number of aliphatic hydroxyl groups is 3. The summed E-state index contributed by atoms with van der Waals surface area (Å²) in [5.41, 5.74) is -0.799. The van der Waals surface area contributed by atoms with Gasteiger partial charge in [0.2, 0.25) is 0 Å². The summed E-state index contributed by atoms with van der Waals surface area (Å²) < 4.78 is 51.3. The van der Waals surface area contributed by atoms with Crippen LogP contribution in [0, 0.1) is 0 Å². The molecule has 1 fully saturated rings. The molecule has 192 valence electrons. The van der Waals surface area contributed by atoms with Gasteiger partial charge in [-0.3, -0.25) is 0 Å². The van der Waals surface area contributed by atoms with Gasteiger partial charge in [-0.05, 0) is 55.8 Å². The van der Waals surface area contributed by atoms with Gasteiger partial charge in [0.05, 0.1) is 18.2 Å². The van der Waals surface area contributed by atoms with Crippen LogP contribution >= 0.6 is 11.6 Å². The molecule has 1 heterocycles. The van der Waals surface area contributed by atoms with Crippen LogP contribution in [0.1, 0.15) is 36.6 Å². The van der Waals surface area contributed by atoms with E-state index in [0.717, 1.165) is 6.07 Å². The van der Waals surface area contributed by atoms with Crippen LogP contribution in [0.4, 0.5) is 13.6 Å². The Bertz CT molecular complexity index is 1000. The molecule has 35 heavy (non-hydrogen) atoms. The SMILES string of the molecule is CCOC(=O)OC[C@H]1O[C@@H](c2ccc(Cl)c(C(F)(F)c3ccc(OCC)cc3)c2)[C@H](O)[C@@H](O)[C@@H]1O. The average Bonchev–Trinajstić information content (AvgIpc) is 2.83. The zero-order chi connectivity index (χ0) is 25.8. The third kappa shape index (κ3) is 6.02. The summed E-state index contributed by atoms with van der Waals surface area (Å²) >= 11 is 6.11. The van der Waals surface area contributed by atoms with E-state index in [1.54, 1.807) is 13.8 Å². The maximum absolute atomic E-state index is 15.4. The highest BCUT2D eigenvalue weighted by Gasteiger charge is 2.45. The summed E-state index contributed by atoms with van der Waals surface area (Å²) in [5.74, 6) is -3.07. The van der Waals surface area contributed by atoms with Gasteiger partial charge in [-0.25, -0.2) is 4.79 Å². The van der Waals surface area contributed by atoms with Gasteiger partial charge < -0.3 is 34.3 Å². The van der Waals surface area contributed by atoms with Crippen LogP contribution in [0.15, 0.2) is 42.5 Å². The predicted molar refractivity (Wildman–Crippen MR) is 121 cm³/mol. The van der Waals surface area contributed by atoms with Crippen molar-refractivity contribution in [2.75, 3.05) is 19.8 Å². The molecular formula is C24H27ClF2O8. The molecule has 8 nitrogen and oxygen atoms in total. The van der Waals surface area contributed by atoms with Crippen molar-refractivity contribution in [1.29, 1.82) is 0 Å².